The average Bonchev–Trinajstić information content (AvgIpc) is 2.72. The Morgan fingerprint density at radius 3 is 1.90 bits per heavy atom. The first-order chi connectivity index (χ1) is 13.5. The highest BCUT2D eigenvalue weighted by molar-refractivity contribution is 5.90. The van der Waals surface area contributed by atoms with Crippen LogP contribution in [0.25, 0.3) is 0 Å². The predicted molar refractivity (Wildman–Crippen MR) is 104 cm³/mol. The number of para-hydroxylation sites is 1. The van der Waals surface area contributed by atoms with Gasteiger partial charge in [0.25, 0.3) is 0 Å². The molecule has 156 valence electrons. The highest BCUT2D eigenvalue weighted by atomic mass is 16.6. The molecule has 3 N–H and O–H groups in total. The molecular formula is C21H25NO7. The third-order valence-electron chi connectivity index (χ3n) is 3.98. The fourth-order valence-electron chi connectivity index (χ4n) is 2.54. The number of hydrogen-bond acceptors (Lipinski definition) is 8. The lowest BCUT2D eigenvalue weighted by atomic mass is 9.94. The first-order valence-electron chi connectivity index (χ1n) is 8.58. The molecule has 0 aliphatic rings. The van der Waals surface area contributed by atoms with E-state index in [0.717, 1.165) is 12.7 Å². The summed E-state index contributed by atoms with van der Waals surface area (Å²) < 4.78 is 20.5. The van der Waals surface area contributed by atoms with Gasteiger partial charge in [-0.15, -0.1) is 0 Å². The molecule has 0 aliphatic carbocycles. The zero-order chi connectivity index (χ0) is 20.4. The second kappa shape index (κ2) is 11.6. The van der Waals surface area contributed by atoms with E-state index in [1.807, 2.05) is 18.2 Å². The number of benzene rings is 2. The minimum Gasteiger partial charge on any atom is -0.469 e. The Balaban J connectivity index is 0.00000420. The van der Waals surface area contributed by atoms with Crippen LogP contribution in [0.2, 0.25) is 0 Å². The van der Waals surface area contributed by atoms with Gasteiger partial charge in [-0.2, -0.15) is 0 Å². The van der Waals surface area contributed by atoms with Crippen molar-refractivity contribution >= 4 is 17.9 Å². The highest BCUT2D eigenvalue weighted by Gasteiger charge is 2.46. The molecule has 0 aliphatic heterocycles. The van der Waals surface area contributed by atoms with Crippen LogP contribution >= 0.6 is 0 Å². The maximum atomic E-state index is 12.5. The standard InChI is InChI=1S/C21H22O7.H3N/c1-25-18(22)13-21(20(24)26-2,27-15-16-9-5-3-6-10-16)14-19(23)28-17-11-7-4-8-12-17;/h3-12H,13-15H2,1-2H3;1H3. The van der Waals surface area contributed by atoms with Gasteiger partial charge in [0.05, 0.1) is 33.7 Å². The van der Waals surface area contributed by atoms with Crippen molar-refractivity contribution in [3.8, 4) is 5.75 Å². The van der Waals surface area contributed by atoms with Gasteiger partial charge in [0.15, 0.2) is 5.60 Å². The molecule has 29 heavy (non-hydrogen) atoms. The number of esters is 3. The number of rotatable bonds is 9. The normalized spacial score (nSPS) is 12.1. The molecule has 8 nitrogen and oxygen atoms in total. The van der Waals surface area contributed by atoms with E-state index in [4.69, 9.17) is 14.2 Å². The lowest BCUT2D eigenvalue weighted by molar-refractivity contribution is -0.183. The second-order valence-electron chi connectivity index (χ2n) is 5.98. The molecule has 8 heteroatoms. The molecule has 2 aromatic carbocycles. The largest absolute Gasteiger partial charge is 0.469 e. The van der Waals surface area contributed by atoms with E-state index in [1.54, 1.807) is 42.5 Å². The van der Waals surface area contributed by atoms with Crippen LogP contribution in [-0.4, -0.2) is 37.7 Å². The molecular weight excluding hydrogens is 378 g/mol. The molecule has 0 amide bonds. The van der Waals surface area contributed by atoms with E-state index >= 15 is 0 Å². The van der Waals surface area contributed by atoms with Gasteiger partial charge in [0.2, 0.25) is 0 Å². The van der Waals surface area contributed by atoms with Crippen molar-refractivity contribution in [3.05, 3.63) is 66.2 Å². The summed E-state index contributed by atoms with van der Waals surface area (Å²) in [5.74, 6) is -2.01. The molecule has 1 atom stereocenters. The monoisotopic (exact) mass is 403 g/mol. The van der Waals surface area contributed by atoms with Crippen molar-refractivity contribution in [3.63, 3.8) is 0 Å². The van der Waals surface area contributed by atoms with Crippen LogP contribution in [0.5, 0.6) is 5.75 Å². The van der Waals surface area contributed by atoms with Crippen LogP contribution in [0.4, 0.5) is 0 Å². The zero-order valence-electron chi connectivity index (χ0n) is 16.5. The molecule has 0 bridgehead atoms. The van der Waals surface area contributed by atoms with Crippen molar-refractivity contribution in [2.75, 3.05) is 14.2 Å². The van der Waals surface area contributed by atoms with E-state index in [1.165, 1.54) is 7.11 Å². The van der Waals surface area contributed by atoms with Crippen LogP contribution in [0.3, 0.4) is 0 Å². The van der Waals surface area contributed by atoms with Gasteiger partial charge in [0.1, 0.15) is 5.75 Å². The third kappa shape index (κ3) is 7.02. The van der Waals surface area contributed by atoms with Gasteiger partial charge >= 0.3 is 17.9 Å². The third-order valence-corrected chi connectivity index (χ3v) is 3.98. The molecule has 2 aromatic rings. The Hall–Kier alpha value is -3.23. The van der Waals surface area contributed by atoms with Gasteiger partial charge in [-0.3, -0.25) is 9.59 Å². The summed E-state index contributed by atoms with van der Waals surface area (Å²) in [4.78, 5) is 36.9. The second-order valence-corrected chi connectivity index (χ2v) is 5.98. The summed E-state index contributed by atoms with van der Waals surface area (Å²) in [5, 5.41) is 0. The molecule has 2 rings (SSSR count). The fraction of sp³-hybridized carbons (Fsp3) is 0.286. The number of carbonyl (C=O) groups is 3. The van der Waals surface area contributed by atoms with Crippen LogP contribution in [0.15, 0.2) is 60.7 Å². The Labute approximate surface area is 169 Å². The number of carbonyl (C=O) groups excluding carboxylic acids is 3. The molecule has 0 fully saturated rings. The first-order valence-corrected chi connectivity index (χ1v) is 8.58. The van der Waals surface area contributed by atoms with E-state index in [2.05, 4.69) is 4.74 Å². The average molecular weight is 403 g/mol. The summed E-state index contributed by atoms with van der Waals surface area (Å²) in [5.41, 5.74) is -1.11. The minimum absolute atomic E-state index is 0. The Kier molecular flexibility index (Phi) is 9.50. The van der Waals surface area contributed by atoms with Crippen molar-refractivity contribution in [1.82, 2.24) is 6.15 Å². The minimum atomic E-state index is -1.87. The summed E-state index contributed by atoms with van der Waals surface area (Å²) in [7, 11) is 2.34. The molecule has 0 heterocycles. The quantitative estimate of drug-likeness (QED) is 0.501. The van der Waals surface area contributed by atoms with Crippen molar-refractivity contribution in [2.45, 2.75) is 25.0 Å². The van der Waals surface area contributed by atoms with E-state index < -0.39 is 36.4 Å². The number of methoxy groups -OCH3 is 2. The van der Waals surface area contributed by atoms with E-state index in [9.17, 15) is 14.4 Å². The Bertz CT molecular complexity index is 795. The van der Waals surface area contributed by atoms with Gasteiger partial charge in [-0.25, -0.2) is 4.79 Å². The number of ether oxygens (including phenoxy) is 4. The van der Waals surface area contributed by atoms with Crippen molar-refractivity contribution in [1.29, 1.82) is 0 Å². The Morgan fingerprint density at radius 1 is 0.793 bits per heavy atom. The summed E-state index contributed by atoms with van der Waals surface area (Å²) in [6, 6.07) is 17.4. The Morgan fingerprint density at radius 2 is 1.34 bits per heavy atom. The van der Waals surface area contributed by atoms with Gasteiger partial charge < -0.3 is 25.1 Å². The summed E-state index contributed by atoms with van der Waals surface area (Å²) >= 11 is 0. The predicted octanol–water partition coefficient (Wildman–Crippen LogP) is 2.84. The highest BCUT2D eigenvalue weighted by Crippen LogP contribution is 2.27. The zero-order valence-corrected chi connectivity index (χ0v) is 16.5. The summed E-state index contributed by atoms with van der Waals surface area (Å²) in [6.07, 6.45) is -1.01. The smallest absolute Gasteiger partial charge is 0.339 e. The van der Waals surface area contributed by atoms with Crippen molar-refractivity contribution in [2.24, 2.45) is 0 Å². The summed E-state index contributed by atoms with van der Waals surface area (Å²) in [6.45, 7) is -0.00838. The van der Waals surface area contributed by atoms with Gasteiger partial charge in [0, 0.05) is 0 Å². The van der Waals surface area contributed by atoms with Crippen LogP contribution in [-0.2, 0) is 35.2 Å². The van der Waals surface area contributed by atoms with Gasteiger partial charge in [-0.1, -0.05) is 48.5 Å². The molecule has 0 radical (unpaired) electrons. The molecule has 0 aromatic heterocycles. The van der Waals surface area contributed by atoms with Crippen molar-refractivity contribution < 1.29 is 33.3 Å². The lowest BCUT2D eigenvalue weighted by Gasteiger charge is -2.29. The number of hydrogen-bond donors (Lipinski definition) is 1. The van der Waals surface area contributed by atoms with Gasteiger partial charge in [-0.05, 0) is 17.7 Å². The molecule has 0 saturated carbocycles. The van der Waals surface area contributed by atoms with Crippen LogP contribution in [0, 0.1) is 0 Å². The maximum Gasteiger partial charge on any atom is 0.339 e. The SMILES string of the molecule is COC(=O)CC(CC(=O)Oc1ccccc1)(OCc1ccccc1)C(=O)OC.N. The maximum absolute atomic E-state index is 12.5. The topological polar surface area (TPSA) is 123 Å². The van der Waals surface area contributed by atoms with E-state index in [0.29, 0.717) is 5.75 Å². The lowest BCUT2D eigenvalue weighted by Crippen LogP contribution is -2.47. The van der Waals surface area contributed by atoms with Crippen LogP contribution < -0.4 is 10.9 Å². The fourth-order valence-corrected chi connectivity index (χ4v) is 2.54. The molecule has 0 saturated heterocycles. The first kappa shape index (κ1) is 23.8. The molecule has 1 unspecified atom stereocenters. The molecule has 0 spiro atoms. The van der Waals surface area contributed by atoms with E-state index in [-0.39, 0.29) is 12.8 Å². The van der Waals surface area contributed by atoms with Crippen LogP contribution in [0.1, 0.15) is 18.4 Å².